The van der Waals surface area contributed by atoms with Crippen molar-refractivity contribution in [2.45, 2.75) is 53.4 Å². The molecule has 0 saturated carbocycles. The minimum absolute atomic E-state index is 0.188. The summed E-state index contributed by atoms with van der Waals surface area (Å²) in [5, 5.41) is 0.269. The first-order valence-electron chi connectivity index (χ1n) is 8.50. The molecule has 4 nitrogen and oxygen atoms in total. The third kappa shape index (κ3) is 9.89. The van der Waals surface area contributed by atoms with Crippen LogP contribution in [0.15, 0.2) is 24.4 Å². The number of carbonyl (C=O) groups is 2. The summed E-state index contributed by atoms with van der Waals surface area (Å²) in [6, 6.07) is 2.98. The van der Waals surface area contributed by atoms with Crippen LogP contribution in [0.3, 0.4) is 0 Å². The quantitative estimate of drug-likeness (QED) is 0.689. The standard InChI is InChI=1S/C11H7F3N2OS.C5H10O.C3H8/c12-7-2-5(9(13)14)1-6(3-7)11-16-4-8(18-11)10(15)17;1-3-4-5(2)6;1-3-2/h1-4,9H,(H2,15,17);3-4H2,1-2H3;3H2,1-2H3. The summed E-state index contributed by atoms with van der Waals surface area (Å²) in [7, 11) is 0. The van der Waals surface area contributed by atoms with E-state index in [0.717, 1.165) is 42.4 Å². The Morgan fingerprint density at radius 2 is 1.78 bits per heavy atom. The van der Waals surface area contributed by atoms with E-state index < -0.39 is 23.7 Å². The van der Waals surface area contributed by atoms with Crippen LogP contribution in [-0.2, 0) is 4.79 Å². The van der Waals surface area contributed by atoms with E-state index >= 15 is 0 Å². The smallest absolute Gasteiger partial charge is 0.263 e. The van der Waals surface area contributed by atoms with Crippen LogP contribution in [0.1, 0.15) is 68.6 Å². The van der Waals surface area contributed by atoms with Gasteiger partial charge in [0.15, 0.2) is 0 Å². The number of ketones is 1. The number of hydrogen-bond donors (Lipinski definition) is 1. The molecule has 0 atom stereocenters. The van der Waals surface area contributed by atoms with E-state index in [9.17, 15) is 22.8 Å². The number of aromatic nitrogens is 1. The molecule has 0 fully saturated rings. The summed E-state index contributed by atoms with van der Waals surface area (Å²) in [4.78, 5) is 25.0. The number of nitrogens with zero attached hydrogens (tertiary/aromatic N) is 1. The average Bonchev–Trinajstić information content (AvgIpc) is 3.05. The highest BCUT2D eigenvalue weighted by Gasteiger charge is 2.14. The molecule has 1 aromatic heterocycles. The number of rotatable bonds is 5. The number of amides is 1. The molecular weight excluding hydrogens is 377 g/mol. The molecule has 0 unspecified atom stereocenters. The number of Topliss-reactive ketones (excluding diaryl/α,β-unsaturated/α-hetero) is 1. The van der Waals surface area contributed by atoms with Gasteiger partial charge in [-0.2, -0.15) is 0 Å². The maximum absolute atomic E-state index is 13.2. The minimum atomic E-state index is -2.77. The minimum Gasteiger partial charge on any atom is -0.365 e. The van der Waals surface area contributed by atoms with Gasteiger partial charge in [-0.25, -0.2) is 18.2 Å². The van der Waals surface area contributed by atoms with E-state index in [1.165, 1.54) is 12.6 Å². The van der Waals surface area contributed by atoms with Gasteiger partial charge in [-0.15, -0.1) is 11.3 Å². The number of nitrogens with two attached hydrogens (primary N) is 1. The lowest BCUT2D eigenvalue weighted by Crippen LogP contribution is -2.08. The zero-order chi connectivity index (χ0) is 21.0. The largest absolute Gasteiger partial charge is 0.365 e. The number of hydrogen-bond acceptors (Lipinski definition) is 4. The van der Waals surface area contributed by atoms with Crippen molar-refractivity contribution in [3.05, 3.63) is 40.7 Å². The van der Waals surface area contributed by atoms with Crippen LogP contribution >= 0.6 is 11.3 Å². The molecule has 2 rings (SSSR count). The molecule has 0 aliphatic heterocycles. The Bertz CT molecular complexity index is 733. The van der Waals surface area contributed by atoms with E-state index in [-0.39, 0.29) is 21.2 Å². The van der Waals surface area contributed by atoms with Crippen LogP contribution in [-0.4, -0.2) is 16.7 Å². The normalized spacial score (nSPS) is 9.78. The molecule has 0 spiro atoms. The summed E-state index contributed by atoms with van der Waals surface area (Å²) in [6.07, 6.45) is 1.43. The lowest BCUT2D eigenvalue weighted by molar-refractivity contribution is -0.117. The fraction of sp³-hybridized carbons (Fsp3) is 0.421. The Balaban J connectivity index is 0.000000632. The van der Waals surface area contributed by atoms with Crippen molar-refractivity contribution in [1.82, 2.24) is 4.98 Å². The predicted octanol–water partition coefficient (Wildman–Crippen LogP) is 5.78. The molecular formula is C19H25F3N2O2S. The maximum atomic E-state index is 13.2. The summed E-state index contributed by atoms with van der Waals surface area (Å²) < 4.78 is 38.2. The Morgan fingerprint density at radius 3 is 2.15 bits per heavy atom. The van der Waals surface area contributed by atoms with Crippen molar-refractivity contribution in [3.8, 4) is 10.6 Å². The van der Waals surface area contributed by atoms with Gasteiger partial charge in [-0.05, 0) is 31.5 Å². The van der Waals surface area contributed by atoms with Gasteiger partial charge >= 0.3 is 0 Å². The highest BCUT2D eigenvalue weighted by atomic mass is 32.1. The van der Waals surface area contributed by atoms with Crippen molar-refractivity contribution in [2.24, 2.45) is 5.73 Å². The van der Waals surface area contributed by atoms with Crippen molar-refractivity contribution in [2.75, 3.05) is 0 Å². The van der Waals surface area contributed by atoms with Gasteiger partial charge in [0.05, 0.1) is 6.20 Å². The molecule has 0 aliphatic rings. The number of halogens is 3. The van der Waals surface area contributed by atoms with Crippen LogP contribution in [0.2, 0.25) is 0 Å². The number of alkyl halides is 2. The summed E-state index contributed by atoms with van der Waals surface area (Å²) in [5.41, 5.74) is 4.82. The van der Waals surface area contributed by atoms with Gasteiger partial charge in [0, 0.05) is 17.5 Å². The second-order valence-electron chi connectivity index (χ2n) is 5.63. The predicted molar refractivity (Wildman–Crippen MR) is 103 cm³/mol. The number of carbonyl (C=O) groups excluding carboxylic acids is 2. The van der Waals surface area contributed by atoms with Crippen molar-refractivity contribution in [1.29, 1.82) is 0 Å². The fourth-order valence-electron chi connectivity index (χ4n) is 1.74. The summed E-state index contributed by atoms with van der Waals surface area (Å²) in [6.45, 7) is 7.87. The van der Waals surface area contributed by atoms with Crippen LogP contribution in [0.5, 0.6) is 0 Å². The van der Waals surface area contributed by atoms with E-state index in [0.29, 0.717) is 0 Å². The third-order valence-electron chi connectivity index (χ3n) is 2.77. The first kappa shape index (κ1) is 24.8. The molecule has 0 bridgehead atoms. The van der Waals surface area contributed by atoms with Crippen LogP contribution in [0.25, 0.3) is 10.6 Å². The molecule has 0 aliphatic carbocycles. The molecule has 2 N–H and O–H groups in total. The van der Waals surface area contributed by atoms with E-state index in [2.05, 4.69) is 18.8 Å². The maximum Gasteiger partial charge on any atom is 0.263 e. The molecule has 0 radical (unpaired) electrons. The first-order valence-corrected chi connectivity index (χ1v) is 9.31. The Morgan fingerprint density at radius 1 is 1.19 bits per heavy atom. The van der Waals surface area contributed by atoms with Crippen molar-refractivity contribution >= 4 is 23.0 Å². The van der Waals surface area contributed by atoms with E-state index in [1.54, 1.807) is 6.92 Å². The highest BCUT2D eigenvalue weighted by molar-refractivity contribution is 7.16. The van der Waals surface area contributed by atoms with Crippen LogP contribution in [0, 0.1) is 5.82 Å². The highest BCUT2D eigenvalue weighted by Crippen LogP contribution is 2.29. The molecule has 150 valence electrons. The third-order valence-corrected chi connectivity index (χ3v) is 3.83. The van der Waals surface area contributed by atoms with E-state index in [4.69, 9.17) is 5.73 Å². The Labute approximate surface area is 161 Å². The average molecular weight is 402 g/mol. The molecule has 8 heteroatoms. The summed E-state index contributed by atoms with van der Waals surface area (Å²) in [5.74, 6) is -1.15. The van der Waals surface area contributed by atoms with Gasteiger partial charge in [-0.1, -0.05) is 27.2 Å². The van der Waals surface area contributed by atoms with E-state index in [1.807, 2.05) is 6.92 Å². The monoisotopic (exact) mass is 402 g/mol. The first-order chi connectivity index (χ1) is 12.7. The van der Waals surface area contributed by atoms with Crippen molar-refractivity contribution in [3.63, 3.8) is 0 Å². The summed E-state index contributed by atoms with van der Waals surface area (Å²) >= 11 is 0.926. The van der Waals surface area contributed by atoms with Crippen LogP contribution in [0.4, 0.5) is 13.2 Å². The Kier molecular flexibility index (Phi) is 12.0. The van der Waals surface area contributed by atoms with Gasteiger partial charge in [0.2, 0.25) is 0 Å². The number of thiazole rings is 1. The molecule has 1 heterocycles. The van der Waals surface area contributed by atoms with Crippen molar-refractivity contribution < 1.29 is 22.8 Å². The molecule has 1 aromatic carbocycles. The Hall–Kier alpha value is -2.22. The number of primary amides is 1. The van der Waals surface area contributed by atoms with Crippen LogP contribution < -0.4 is 5.73 Å². The zero-order valence-electron chi connectivity index (χ0n) is 15.9. The lowest BCUT2D eigenvalue weighted by atomic mass is 10.1. The number of benzene rings is 1. The second kappa shape index (κ2) is 13.0. The lowest BCUT2D eigenvalue weighted by Gasteiger charge is -2.02. The van der Waals surface area contributed by atoms with Gasteiger partial charge < -0.3 is 10.5 Å². The second-order valence-corrected chi connectivity index (χ2v) is 6.66. The SMILES string of the molecule is CCC.CCCC(C)=O.NC(=O)c1cnc(-c2cc(F)cc(C(F)F)c2)s1. The van der Waals surface area contributed by atoms with Gasteiger partial charge in [0.25, 0.3) is 12.3 Å². The fourth-order valence-corrected chi connectivity index (χ4v) is 2.49. The molecule has 27 heavy (non-hydrogen) atoms. The molecule has 1 amide bonds. The zero-order valence-corrected chi connectivity index (χ0v) is 16.7. The van der Waals surface area contributed by atoms with Gasteiger partial charge in [-0.3, -0.25) is 4.79 Å². The van der Waals surface area contributed by atoms with Gasteiger partial charge in [0.1, 0.15) is 21.5 Å². The molecule has 0 saturated heterocycles. The molecule has 2 aromatic rings. The topological polar surface area (TPSA) is 73.1 Å².